The monoisotopic (exact) mass is 327 g/mol. The minimum absolute atomic E-state index is 0.364. The smallest absolute Gasteiger partial charge is 0.313 e. The lowest BCUT2D eigenvalue weighted by molar-refractivity contribution is -0.142. The molecule has 0 amide bonds. The van der Waals surface area contributed by atoms with E-state index in [4.69, 9.17) is 4.74 Å². The average Bonchev–Trinajstić information content (AvgIpc) is 2.54. The number of carboxylic acid groups (broad SMARTS) is 1. The molecule has 0 aliphatic rings. The van der Waals surface area contributed by atoms with Crippen LogP contribution in [0.15, 0.2) is 48.5 Å². The number of carboxylic acids is 1. The summed E-state index contributed by atoms with van der Waals surface area (Å²) in [5.74, 6) is -0.0408. The van der Waals surface area contributed by atoms with Crippen LogP contribution in [0.5, 0.6) is 5.75 Å². The normalized spacial score (nSPS) is 11.9. The van der Waals surface area contributed by atoms with Crippen LogP contribution in [0.2, 0.25) is 0 Å². The zero-order valence-electron chi connectivity index (χ0n) is 14.9. The first-order chi connectivity index (χ1) is 11.2. The molecule has 0 saturated heterocycles. The maximum atomic E-state index is 11.6. The third-order valence-corrected chi connectivity index (χ3v) is 4.39. The summed E-state index contributed by atoms with van der Waals surface area (Å²) in [6, 6.07) is 15.4. The minimum Gasteiger partial charge on any atom is -0.497 e. The second kappa shape index (κ2) is 6.56. The van der Waals surface area contributed by atoms with Crippen molar-refractivity contribution in [2.45, 2.75) is 38.6 Å². The quantitative estimate of drug-likeness (QED) is 0.825. The van der Waals surface area contributed by atoms with Gasteiger partial charge in [-0.3, -0.25) is 4.79 Å². The number of aliphatic carboxylic acids is 1. The first kappa shape index (κ1) is 17.9. The van der Waals surface area contributed by atoms with Crippen LogP contribution >= 0.6 is 0 Å². The summed E-state index contributed by atoms with van der Waals surface area (Å²) in [6.07, 6.45) is 0. The molecule has 0 unspecified atom stereocenters. The predicted octanol–water partition coefficient (Wildman–Crippen LogP) is 4.40. The summed E-state index contributed by atoms with van der Waals surface area (Å²) in [5, 5.41) is 13.0. The van der Waals surface area contributed by atoms with Crippen LogP contribution < -0.4 is 10.1 Å². The van der Waals surface area contributed by atoms with E-state index in [-0.39, 0.29) is 5.54 Å². The van der Waals surface area contributed by atoms with Gasteiger partial charge in [0.1, 0.15) is 5.75 Å². The summed E-state index contributed by atoms with van der Waals surface area (Å²) in [6.45, 7) is 7.57. The molecule has 128 valence electrons. The molecule has 2 rings (SSSR count). The summed E-state index contributed by atoms with van der Waals surface area (Å²) in [5.41, 5.74) is 1.34. The highest BCUT2D eigenvalue weighted by atomic mass is 16.5. The third kappa shape index (κ3) is 3.53. The molecule has 24 heavy (non-hydrogen) atoms. The predicted molar refractivity (Wildman–Crippen MR) is 96.7 cm³/mol. The van der Waals surface area contributed by atoms with E-state index in [0.717, 1.165) is 22.6 Å². The Balaban J connectivity index is 2.37. The molecule has 0 saturated carbocycles. The van der Waals surface area contributed by atoms with Crippen molar-refractivity contribution in [1.82, 2.24) is 0 Å². The first-order valence-corrected chi connectivity index (χ1v) is 7.94. The van der Waals surface area contributed by atoms with Crippen molar-refractivity contribution in [2.24, 2.45) is 0 Å². The second-order valence-electron chi connectivity index (χ2n) is 6.95. The first-order valence-electron chi connectivity index (χ1n) is 7.94. The highest BCUT2D eigenvalue weighted by Gasteiger charge is 2.33. The van der Waals surface area contributed by atoms with Crippen molar-refractivity contribution in [3.05, 3.63) is 59.7 Å². The largest absolute Gasteiger partial charge is 0.497 e. The van der Waals surface area contributed by atoms with Crippen molar-refractivity contribution in [1.29, 1.82) is 0 Å². The number of hydrogen-bond donors (Lipinski definition) is 2. The number of anilines is 1. The lowest BCUT2D eigenvalue weighted by Gasteiger charge is -2.32. The number of methoxy groups -OCH3 is 1. The fourth-order valence-electron chi connectivity index (χ4n) is 2.67. The Morgan fingerprint density at radius 2 is 1.58 bits per heavy atom. The van der Waals surface area contributed by atoms with Gasteiger partial charge in [-0.2, -0.15) is 0 Å². The Bertz CT molecular complexity index is 718. The summed E-state index contributed by atoms with van der Waals surface area (Å²) < 4.78 is 5.20. The van der Waals surface area contributed by atoms with Gasteiger partial charge in [0.2, 0.25) is 0 Å². The number of hydrogen-bond acceptors (Lipinski definition) is 3. The molecular weight excluding hydrogens is 302 g/mol. The van der Waals surface area contributed by atoms with E-state index in [0.29, 0.717) is 0 Å². The van der Waals surface area contributed by atoms with Gasteiger partial charge >= 0.3 is 5.97 Å². The zero-order valence-corrected chi connectivity index (χ0v) is 14.9. The molecule has 2 aromatic carbocycles. The fourth-order valence-corrected chi connectivity index (χ4v) is 2.67. The van der Waals surface area contributed by atoms with E-state index in [1.54, 1.807) is 21.0 Å². The molecule has 0 aromatic heterocycles. The molecular formula is C20H25NO3. The van der Waals surface area contributed by atoms with Gasteiger partial charge in [-0.15, -0.1) is 0 Å². The lowest BCUT2D eigenvalue weighted by atomic mass is 9.83. The van der Waals surface area contributed by atoms with E-state index in [1.807, 2.05) is 48.5 Å². The Morgan fingerprint density at radius 3 is 2.12 bits per heavy atom. The van der Waals surface area contributed by atoms with Crippen molar-refractivity contribution in [3.63, 3.8) is 0 Å². The SMILES string of the molecule is COc1ccc(C(C)(C)Nc2ccccc2C(C)(C)C(=O)O)cc1. The zero-order chi connectivity index (χ0) is 18.0. The van der Waals surface area contributed by atoms with Crippen LogP contribution in [-0.4, -0.2) is 18.2 Å². The van der Waals surface area contributed by atoms with Gasteiger partial charge in [-0.1, -0.05) is 30.3 Å². The van der Waals surface area contributed by atoms with Gasteiger partial charge in [0.15, 0.2) is 0 Å². The molecule has 2 aromatic rings. The van der Waals surface area contributed by atoms with Crippen molar-refractivity contribution < 1.29 is 14.6 Å². The molecule has 0 spiro atoms. The van der Waals surface area contributed by atoms with Crippen LogP contribution in [-0.2, 0) is 15.7 Å². The molecule has 0 aliphatic carbocycles. The van der Waals surface area contributed by atoms with Gasteiger partial charge in [-0.05, 0) is 57.0 Å². The Labute approximate surface area is 143 Å². The van der Waals surface area contributed by atoms with Gasteiger partial charge in [0, 0.05) is 5.69 Å². The molecule has 0 atom stereocenters. The molecule has 0 radical (unpaired) electrons. The Morgan fingerprint density at radius 1 is 1.00 bits per heavy atom. The van der Waals surface area contributed by atoms with E-state index in [9.17, 15) is 9.90 Å². The topological polar surface area (TPSA) is 58.6 Å². The van der Waals surface area contributed by atoms with Crippen LogP contribution in [0.4, 0.5) is 5.69 Å². The average molecular weight is 327 g/mol. The number of nitrogens with one attached hydrogen (secondary N) is 1. The molecule has 4 heteroatoms. The van der Waals surface area contributed by atoms with Crippen LogP contribution in [0, 0.1) is 0 Å². The van der Waals surface area contributed by atoms with E-state index < -0.39 is 11.4 Å². The maximum absolute atomic E-state index is 11.6. The molecule has 0 aliphatic heterocycles. The minimum atomic E-state index is -0.973. The maximum Gasteiger partial charge on any atom is 0.313 e. The van der Waals surface area contributed by atoms with Gasteiger partial charge in [-0.25, -0.2) is 0 Å². The number of benzene rings is 2. The standard InChI is InChI=1S/C20H25NO3/c1-19(2,18(22)23)16-8-6-7-9-17(16)21-20(3,4)14-10-12-15(24-5)13-11-14/h6-13,21H,1-5H3,(H,22,23). The highest BCUT2D eigenvalue weighted by molar-refractivity contribution is 5.83. The van der Waals surface area contributed by atoms with E-state index in [2.05, 4.69) is 19.2 Å². The van der Waals surface area contributed by atoms with Crippen molar-refractivity contribution in [3.8, 4) is 5.75 Å². The molecule has 0 fully saturated rings. The molecule has 0 bridgehead atoms. The van der Waals surface area contributed by atoms with E-state index >= 15 is 0 Å². The number of para-hydroxylation sites is 1. The summed E-state index contributed by atoms with van der Waals surface area (Å²) in [4.78, 5) is 11.6. The van der Waals surface area contributed by atoms with Gasteiger partial charge < -0.3 is 15.2 Å². The van der Waals surface area contributed by atoms with Gasteiger partial charge in [0.05, 0.1) is 18.1 Å². The Hall–Kier alpha value is -2.49. The van der Waals surface area contributed by atoms with Crippen LogP contribution in [0.3, 0.4) is 0 Å². The second-order valence-corrected chi connectivity index (χ2v) is 6.95. The van der Waals surface area contributed by atoms with Crippen molar-refractivity contribution >= 4 is 11.7 Å². The van der Waals surface area contributed by atoms with E-state index in [1.165, 1.54) is 0 Å². The molecule has 0 heterocycles. The fraction of sp³-hybridized carbons (Fsp3) is 0.350. The number of carbonyl (C=O) groups is 1. The highest BCUT2D eigenvalue weighted by Crippen LogP contribution is 2.34. The summed E-state index contributed by atoms with van der Waals surface area (Å²) in [7, 11) is 1.64. The molecule has 4 nitrogen and oxygen atoms in total. The van der Waals surface area contributed by atoms with Gasteiger partial charge in [0.25, 0.3) is 0 Å². The van der Waals surface area contributed by atoms with Crippen LogP contribution in [0.25, 0.3) is 0 Å². The van der Waals surface area contributed by atoms with Crippen LogP contribution in [0.1, 0.15) is 38.8 Å². The third-order valence-electron chi connectivity index (χ3n) is 4.39. The molecule has 2 N–H and O–H groups in total. The Kier molecular flexibility index (Phi) is 4.88. The summed E-state index contributed by atoms with van der Waals surface area (Å²) >= 11 is 0. The lowest BCUT2D eigenvalue weighted by Crippen LogP contribution is -2.33. The van der Waals surface area contributed by atoms with Crippen molar-refractivity contribution in [2.75, 3.05) is 12.4 Å². The number of rotatable bonds is 6. The number of ether oxygens (including phenoxy) is 1.